The molecule has 0 bridgehead atoms. The summed E-state index contributed by atoms with van der Waals surface area (Å²) in [5.74, 6) is 0. The molecule has 0 unspecified atom stereocenters. The summed E-state index contributed by atoms with van der Waals surface area (Å²) in [4.78, 5) is 0. The fraction of sp³-hybridized carbons (Fsp3) is 1.00. The predicted octanol–water partition coefficient (Wildman–Crippen LogP) is 5.16. The molecule has 0 saturated carbocycles. The van der Waals surface area contributed by atoms with Crippen molar-refractivity contribution in [2.75, 3.05) is 0 Å². The standard InChI is InChI=1S/2C8H17.H2O.Sn.H/c2*1-3-5-7-8-6-4-2;;;/h2*1,3-8H2,2H3;1H2;;. The molecular formula is C16H37OSn. The van der Waals surface area contributed by atoms with Crippen LogP contribution in [0.5, 0.6) is 0 Å². The summed E-state index contributed by atoms with van der Waals surface area (Å²) < 4.78 is 3.35. The van der Waals surface area contributed by atoms with E-state index in [0.717, 1.165) is 0 Å². The van der Waals surface area contributed by atoms with Gasteiger partial charge < -0.3 is 5.48 Å². The minimum absolute atomic E-state index is 0. The zero-order valence-corrected chi connectivity index (χ0v) is 16.3. The molecule has 0 aromatic carbocycles. The van der Waals surface area contributed by atoms with Crippen molar-refractivity contribution < 1.29 is 5.48 Å². The normalized spacial score (nSPS) is 10.3. The van der Waals surface area contributed by atoms with Gasteiger partial charge >= 0.3 is 121 Å². The molecule has 1 nitrogen and oxygen atoms in total. The maximum Gasteiger partial charge on any atom is -0.412 e. The van der Waals surface area contributed by atoms with E-state index < -0.39 is 0 Å². The van der Waals surface area contributed by atoms with Crippen LogP contribution in [-0.2, 0) is 0 Å². The zero-order chi connectivity index (χ0) is 12.6. The molecule has 0 spiro atoms. The molecule has 0 aromatic heterocycles. The quantitative estimate of drug-likeness (QED) is 0.301. The second-order valence-electron chi connectivity index (χ2n) is 5.40. The van der Waals surface area contributed by atoms with Crippen LogP contribution in [-0.4, -0.2) is 26.6 Å². The molecular weight excluding hydrogens is 327 g/mol. The first-order valence-electron chi connectivity index (χ1n) is 8.23. The molecule has 0 rings (SSSR count). The molecule has 0 saturated heterocycles. The van der Waals surface area contributed by atoms with Crippen LogP contribution in [0.2, 0.25) is 8.87 Å². The summed E-state index contributed by atoms with van der Waals surface area (Å²) in [6, 6.07) is 0. The molecule has 0 aliphatic heterocycles. The number of unbranched alkanes of at least 4 members (excludes halogenated alkanes) is 10. The van der Waals surface area contributed by atoms with Gasteiger partial charge in [0.25, 0.3) is 0 Å². The second kappa shape index (κ2) is 20.1. The van der Waals surface area contributed by atoms with E-state index in [1.165, 1.54) is 64.2 Å². The number of rotatable bonds is 14. The Balaban J connectivity index is 0. The Kier molecular flexibility index (Phi) is 23.5. The molecule has 0 atom stereocenters. The van der Waals surface area contributed by atoms with Gasteiger partial charge in [-0.3, -0.25) is 0 Å². The van der Waals surface area contributed by atoms with Crippen LogP contribution in [0.3, 0.4) is 0 Å². The fourth-order valence-corrected chi connectivity index (χ4v) is 6.40. The van der Waals surface area contributed by atoms with Gasteiger partial charge in [-0.25, -0.2) is 0 Å². The molecule has 0 aromatic rings. The van der Waals surface area contributed by atoms with Gasteiger partial charge in [0, 0.05) is 0 Å². The van der Waals surface area contributed by atoms with Gasteiger partial charge in [0.15, 0.2) is 0 Å². The molecule has 1 radical (unpaired) electrons. The number of hydrogen-bond donors (Lipinski definition) is 0. The van der Waals surface area contributed by atoms with E-state index in [4.69, 9.17) is 0 Å². The Morgan fingerprint density at radius 2 is 0.833 bits per heavy atom. The van der Waals surface area contributed by atoms with E-state index in [1.54, 1.807) is 21.7 Å². The largest absolute Gasteiger partial charge is 0.412 e. The summed E-state index contributed by atoms with van der Waals surface area (Å²) in [5, 5.41) is 0. The summed E-state index contributed by atoms with van der Waals surface area (Å²) in [6.07, 6.45) is 17.9. The van der Waals surface area contributed by atoms with Gasteiger partial charge in [-0.15, -0.1) is 0 Å². The van der Waals surface area contributed by atoms with E-state index in [-0.39, 0.29) is 26.6 Å². The Morgan fingerprint density at radius 3 is 1.22 bits per heavy atom. The van der Waals surface area contributed by atoms with Crippen LogP contribution >= 0.6 is 0 Å². The molecule has 0 aliphatic carbocycles. The predicted molar refractivity (Wildman–Crippen MR) is 87.1 cm³/mol. The Hall–Kier alpha value is 0.759. The maximum absolute atomic E-state index is 2.30. The van der Waals surface area contributed by atoms with Crippen LogP contribution in [0, 0.1) is 0 Å². The van der Waals surface area contributed by atoms with Crippen molar-refractivity contribution in [3.63, 3.8) is 0 Å². The van der Waals surface area contributed by atoms with E-state index in [0.29, 0.717) is 0 Å². The van der Waals surface area contributed by atoms with E-state index in [9.17, 15) is 0 Å². The average molecular weight is 364 g/mol. The minimum Gasteiger partial charge on any atom is -0.412 e. The molecule has 2 heteroatoms. The smallest absolute Gasteiger partial charge is 0.412 e. The molecule has 18 heavy (non-hydrogen) atoms. The SMILES string of the molecule is CCCCCCC[CH2][SnH][CH2]CCCCCCC.O. The van der Waals surface area contributed by atoms with Crippen LogP contribution in [0.15, 0.2) is 0 Å². The van der Waals surface area contributed by atoms with Crippen LogP contribution in [0.25, 0.3) is 0 Å². The molecule has 0 amide bonds. The van der Waals surface area contributed by atoms with E-state index in [2.05, 4.69) is 13.8 Å². The van der Waals surface area contributed by atoms with Gasteiger partial charge in [0.2, 0.25) is 0 Å². The van der Waals surface area contributed by atoms with Gasteiger partial charge in [0.1, 0.15) is 0 Å². The van der Waals surface area contributed by atoms with Crippen molar-refractivity contribution in [3.05, 3.63) is 0 Å². The summed E-state index contributed by atoms with van der Waals surface area (Å²) in [7, 11) is 0. The van der Waals surface area contributed by atoms with Crippen LogP contribution < -0.4 is 0 Å². The number of hydrogen-bond acceptors (Lipinski definition) is 0. The Morgan fingerprint density at radius 1 is 0.500 bits per heavy atom. The van der Waals surface area contributed by atoms with Crippen LogP contribution in [0.1, 0.15) is 90.9 Å². The average Bonchev–Trinajstić information content (AvgIpc) is 2.35. The van der Waals surface area contributed by atoms with Crippen LogP contribution in [0.4, 0.5) is 0 Å². The van der Waals surface area contributed by atoms with Crippen molar-refractivity contribution in [2.45, 2.75) is 99.8 Å². The summed E-state index contributed by atoms with van der Waals surface area (Å²) >= 11 is -0.0928. The molecule has 0 heterocycles. The van der Waals surface area contributed by atoms with Crippen molar-refractivity contribution in [2.24, 2.45) is 0 Å². The molecule has 111 valence electrons. The fourth-order valence-electron chi connectivity index (χ4n) is 2.28. The molecule has 2 N–H and O–H groups in total. The molecule has 0 aliphatic rings. The third-order valence-electron chi connectivity index (χ3n) is 3.52. The van der Waals surface area contributed by atoms with Crippen molar-refractivity contribution in [1.29, 1.82) is 0 Å². The molecule has 0 fully saturated rings. The van der Waals surface area contributed by atoms with Gasteiger partial charge in [-0.1, -0.05) is 0 Å². The first kappa shape index (κ1) is 21.1. The zero-order valence-electron chi connectivity index (χ0n) is 13.0. The Labute approximate surface area is 126 Å². The third-order valence-corrected chi connectivity index (χ3v) is 8.18. The third kappa shape index (κ3) is 19.1. The van der Waals surface area contributed by atoms with Crippen molar-refractivity contribution >= 4 is 21.1 Å². The minimum atomic E-state index is -0.0928. The summed E-state index contributed by atoms with van der Waals surface area (Å²) in [5.41, 5.74) is 0. The monoisotopic (exact) mass is 365 g/mol. The van der Waals surface area contributed by atoms with Gasteiger partial charge in [-0.05, 0) is 0 Å². The van der Waals surface area contributed by atoms with Crippen molar-refractivity contribution in [1.82, 2.24) is 0 Å². The van der Waals surface area contributed by atoms with E-state index in [1.807, 2.05) is 0 Å². The second-order valence-corrected chi connectivity index (χ2v) is 10.3. The van der Waals surface area contributed by atoms with Gasteiger partial charge in [0.05, 0.1) is 0 Å². The topological polar surface area (TPSA) is 31.5 Å². The van der Waals surface area contributed by atoms with Crippen molar-refractivity contribution in [3.8, 4) is 0 Å². The summed E-state index contributed by atoms with van der Waals surface area (Å²) in [6.45, 7) is 4.60. The maximum atomic E-state index is 2.30. The van der Waals surface area contributed by atoms with E-state index >= 15 is 0 Å². The Bertz CT molecular complexity index is 114. The van der Waals surface area contributed by atoms with Gasteiger partial charge in [-0.2, -0.15) is 0 Å². The first-order valence-corrected chi connectivity index (χ1v) is 12.9. The first-order chi connectivity index (χ1) is 8.41.